The zero-order chi connectivity index (χ0) is 13.1. The number of aliphatic hydroxyl groups is 1. The number of carbonyl (C=O) groups is 1. The van der Waals surface area contributed by atoms with Crippen LogP contribution in [0.25, 0.3) is 10.9 Å². The maximum Gasteiger partial charge on any atom is 0.306 e. The molecule has 5 N–H and O–H groups in total. The number of rotatable bonds is 5. The van der Waals surface area contributed by atoms with Crippen LogP contribution in [0, 0.1) is 0 Å². The quantitative estimate of drug-likeness (QED) is 0.631. The molecule has 0 fully saturated rings. The van der Waals surface area contributed by atoms with E-state index in [1.165, 1.54) is 0 Å². The van der Waals surface area contributed by atoms with Gasteiger partial charge in [0.25, 0.3) is 0 Å². The summed E-state index contributed by atoms with van der Waals surface area (Å²) in [5.41, 5.74) is 7.82. The van der Waals surface area contributed by atoms with Crippen LogP contribution in [-0.2, 0) is 11.2 Å². The molecule has 5 nitrogen and oxygen atoms in total. The zero-order valence-electron chi connectivity index (χ0n) is 9.84. The number of aliphatic carboxylic acids is 1. The van der Waals surface area contributed by atoms with E-state index in [1.807, 2.05) is 30.5 Å². The number of carboxylic acid groups (broad SMARTS) is 1. The second kappa shape index (κ2) is 5.20. The third kappa shape index (κ3) is 2.69. The fourth-order valence-corrected chi connectivity index (χ4v) is 2.02. The van der Waals surface area contributed by atoms with Crippen molar-refractivity contribution >= 4 is 16.9 Å². The number of carboxylic acids is 1. The summed E-state index contributed by atoms with van der Waals surface area (Å²) in [5, 5.41) is 19.3. The van der Waals surface area contributed by atoms with E-state index >= 15 is 0 Å². The molecule has 1 aromatic heterocycles. The topological polar surface area (TPSA) is 99.3 Å². The van der Waals surface area contributed by atoms with E-state index in [-0.39, 0.29) is 6.42 Å². The number of aliphatic hydroxyl groups excluding tert-OH is 1. The highest BCUT2D eigenvalue weighted by Crippen LogP contribution is 2.19. The van der Waals surface area contributed by atoms with Crippen molar-refractivity contribution in [3.05, 3.63) is 36.0 Å². The molecule has 0 radical (unpaired) electrons. The van der Waals surface area contributed by atoms with Crippen LogP contribution < -0.4 is 5.73 Å². The van der Waals surface area contributed by atoms with Crippen molar-refractivity contribution in [3.63, 3.8) is 0 Å². The smallest absolute Gasteiger partial charge is 0.306 e. The summed E-state index contributed by atoms with van der Waals surface area (Å²) >= 11 is 0. The first-order valence-electron chi connectivity index (χ1n) is 5.78. The van der Waals surface area contributed by atoms with Crippen LogP contribution in [0.2, 0.25) is 0 Å². The molecule has 0 amide bonds. The van der Waals surface area contributed by atoms with Gasteiger partial charge in [-0.1, -0.05) is 18.2 Å². The van der Waals surface area contributed by atoms with Gasteiger partial charge in [-0.15, -0.1) is 0 Å². The van der Waals surface area contributed by atoms with E-state index < -0.39 is 18.1 Å². The van der Waals surface area contributed by atoms with E-state index in [1.54, 1.807) is 0 Å². The first-order chi connectivity index (χ1) is 8.58. The first kappa shape index (κ1) is 12.6. The number of fused-ring (bicyclic) bond motifs is 1. The summed E-state index contributed by atoms with van der Waals surface area (Å²) in [6.07, 6.45) is 0.927. The average Bonchev–Trinajstić information content (AvgIpc) is 2.72. The van der Waals surface area contributed by atoms with Crippen molar-refractivity contribution in [1.82, 2.24) is 4.98 Å². The molecular formula is C13H16N2O3. The Morgan fingerprint density at radius 2 is 2.11 bits per heavy atom. The lowest BCUT2D eigenvalue weighted by molar-refractivity contribution is -0.139. The summed E-state index contributed by atoms with van der Waals surface area (Å²) in [4.78, 5) is 13.6. The molecule has 0 unspecified atom stereocenters. The van der Waals surface area contributed by atoms with Crippen molar-refractivity contribution < 1.29 is 15.0 Å². The standard InChI is InChI=1S/C13H16N2O3/c14-10(12(16)6-13(17)18)5-8-7-15-11-4-2-1-3-9(8)11/h1-4,7,10,12,15-16H,5-6,14H2,(H,17,18)/t10-,12+/m0/s1. The molecule has 0 aliphatic carbocycles. The number of para-hydroxylation sites is 1. The SMILES string of the molecule is N[C@@H](Cc1c[nH]c2ccccc12)[C@H](O)CC(=O)O. The fourth-order valence-electron chi connectivity index (χ4n) is 2.02. The van der Waals surface area contributed by atoms with Gasteiger partial charge in [-0.05, 0) is 18.1 Å². The molecule has 0 saturated carbocycles. The van der Waals surface area contributed by atoms with Crippen molar-refractivity contribution in [1.29, 1.82) is 0 Å². The van der Waals surface area contributed by atoms with Crippen LogP contribution in [0.3, 0.4) is 0 Å². The molecule has 0 saturated heterocycles. The highest BCUT2D eigenvalue weighted by molar-refractivity contribution is 5.83. The van der Waals surface area contributed by atoms with Crippen LogP contribution in [0.5, 0.6) is 0 Å². The van der Waals surface area contributed by atoms with Gasteiger partial charge in [-0.25, -0.2) is 0 Å². The number of aromatic amines is 1. The molecule has 0 bridgehead atoms. The second-order valence-corrected chi connectivity index (χ2v) is 4.39. The molecule has 5 heteroatoms. The number of hydrogen-bond acceptors (Lipinski definition) is 3. The second-order valence-electron chi connectivity index (χ2n) is 4.39. The van der Waals surface area contributed by atoms with Crippen LogP contribution in [0.1, 0.15) is 12.0 Å². The van der Waals surface area contributed by atoms with E-state index in [2.05, 4.69) is 4.98 Å². The van der Waals surface area contributed by atoms with Gasteiger partial charge >= 0.3 is 5.97 Å². The van der Waals surface area contributed by atoms with Crippen molar-refractivity contribution in [3.8, 4) is 0 Å². The minimum atomic E-state index is -1.04. The van der Waals surface area contributed by atoms with E-state index in [0.29, 0.717) is 6.42 Å². The van der Waals surface area contributed by atoms with Gasteiger partial charge in [0.2, 0.25) is 0 Å². The fraction of sp³-hybridized carbons (Fsp3) is 0.308. The van der Waals surface area contributed by atoms with Gasteiger partial charge in [0.05, 0.1) is 12.5 Å². The van der Waals surface area contributed by atoms with Crippen LogP contribution in [0.15, 0.2) is 30.5 Å². The number of benzene rings is 1. The van der Waals surface area contributed by atoms with Gasteiger partial charge in [0, 0.05) is 23.1 Å². The van der Waals surface area contributed by atoms with E-state index in [0.717, 1.165) is 16.5 Å². The average molecular weight is 248 g/mol. The van der Waals surface area contributed by atoms with Crippen LogP contribution in [0.4, 0.5) is 0 Å². The predicted octanol–water partition coefficient (Wildman–Crippen LogP) is 0.873. The summed E-state index contributed by atoms with van der Waals surface area (Å²) < 4.78 is 0. The van der Waals surface area contributed by atoms with Gasteiger partial charge in [0.1, 0.15) is 0 Å². The van der Waals surface area contributed by atoms with Crippen LogP contribution >= 0.6 is 0 Å². The third-order valence-corrected chi connectivity index (χ3v) is 3.01. The molecule has 1 aromatic carbocycles. The molecule has 2 rings (SSSR count). The molecule has 18 heavy (non-hydrogen) atoms. The van der Waals surface area contributed by atoms with E-state index in [9.17, 15) is 9.90 Å². The number of H-pyrrole nitrogens is 1. The lowest BCUT2D eigenvalue weighted by atomic mass is 10.00. The Kier molecular flexibility index (Phi) is 3.64. The Labute approximate surface area is 104 Å². The van der Waals surface area contributed by atoms with Gasteiger partial charge in [0.15, 0.2) is 0 Å². The number of hydrogen-bond donors (Lipinski definition) is 4. The summed E-state index contributed by atoms with van der Waals surface area (Å²) in [5.74, 6) is -1.04. The summed E-state index contributed by atoms with van der Waals surface area (Å²) in [6.45, 7) is 0. The maximum absolute atomic E-state index is 10.5. The Hall–Kier alpha value is -1.85. The predicted molar refractivity (Wildman–Crippen MR) is 68.2 cm³/mol. The van der Waals surface area contributed by atoms with Gasteiger partial charge < -0.3 is 20.9 Å². The molecule has 0 spiro atoms. The highest BCUT2D eigenvalue weighted by Gasteiger charge is 2.19. The van der Waals surface area contributed by atoms with Crippen molar-refractivity contribution in [2.75, 3.05) is 0 Å². The Bertz CT molecular complexity index is 550. The Morgan fingerprint density at radius 3 is 2.83 bits per heavy atom. The number of aromatic nitrogens is 1. The van der Waals surface area contributed by atoms with Crippen molar-refractivity contribution in [2.24, 2.45) is 5.73 Å². The third-order valence-electron chi connectivity index (χ3n) is 3.01. The molecule has 0 aliphatic heterocycles. The minimum absolute atomic E-state index is 0.330. The Balaban J connectivity index is 2.11. The maximum atomic E-state index is 10.5. The lowest BCUT2D eigenvalue weighted by Gasteiger charge is -2.16. The lowest BCUT2D eigenvalue weighted by Crippen LogP contribution is -2.38. The molecular weight excluding hydrogens is 232 g/mol. The van der Waals surface area contributed by atoms with Crippen molar-refractivity contribution in [2.45, 2.75) is 25.0 Å². The summed E-state index contributed by atoms with van der Waals surface area (Å²) in [6, 6.07) is 7.20. The normalized spacial score (nSPS) is 14.6. The summed E-state index contributed by atoms with van der Waals surface area (Å²) in [7, 11) is 0. The largest absolute Gasteiger partial charge is 0.481 e. The molecule has 2 atom stereocenters. The van der Waals surface area contributed by atoms with Gasteiger partial charge in [-0.2, -0.15) is 0 Å². The number of nitrogens with two attached hydrogens (primary N) is 1. The van der Waals surface area contributed by atoms with Gasteiger partial charge in [-0.3, -0.25) is 4.79 Å². The Morgan fingerprint density at radius 1 is 1.39 bits per heavy atom. The highest BCUT2D eigenvalue weighted by atomic mass is 16.4. The monoisotopic (exact) mass is 248 g/mol. The van der Waals surface area contributed by atoms with Crippen LogP contribution in [-0.4, -0.2) is 33.3 Å². The first-order valence-corrected chi connectivity index (χ1v) is 5.78. The zero-order valence-corrected chi connectivity index (χ0v) is 9.84. The molecule has 1 heterocycles. The molecule has 96 valence electrons. The van der Waals surface area contributed by atoms with E-state index in [4.69, 9.17) is 10.8 Å². The molecule has 0 aliphatic rings. The molecule has 2 aromatic rings. The number of nitrogens with one attached hydrogen (secondary N) is 1. The minimum Gasteiger partial charge on any atom is -0.481 e.